The lowest BCUT2D eigenvalue weighted by molar-refractivity contribution is -0.118. The number of nitrogens with one attached hydrogen (secondary N) is 1. The minimum absolute atomic E-state index is 0.109. The van der Waals surface area contributed by atoms with Crippen molar-refractivity contribution in [2.45, 2.75) is 18.4 Å². The lowest BCUT2D eigenvalue weighted by atomic mass is 10.2. The first-order chi connectivity index (χ1) is 7.01. The molecule has 0 aliphatic heterocycles. The molecule has 0 atom stereocenters. The van der Waals surface area contributed by atoms with Gasteiger partial charge in [0.2, 0.25) is 5.91 Å². The third-order valence-electron chi connectivity index (χ3n) is 2.42. The van der Waals surface area contributed by atoms with Gasteiger partial charge < -0.3 is 11.1 Å². The van der Waals surface area contributed by atoms with Crippen LogP contribution >= 0.6 is 34.2 Å². The highest BCUT2D eigenvalue weighted by atomic mass is 127. The number of rotatable bonds is 2. The van der Waals surface area contributed by atoms with Crippen molar-refractivity contribution in [3.05, 3.63) is 26.8 Å². The van der Waals surface area contributed by atoms with E-state index in [1.165, 1.54) is 0 Å². The van der Waals surface area contributed by atoms with Crippen molar-refractivity contribution in [3.8, 4) is 0 Å². The maximum atomic E-state index is 11.7. The molecule has 0 bridgehead atoms. The Balaban J connectivity index is 2.14. The second-order valence-electron chi connectivity index (χ2n) is 3.73. The summed E-state index contributed by atoms with van der Waals surface area (Å²) in [5.41, 5.74) is 5.91. The van der Waals surface area contributed by atoms with Crippen LogP contribution in [-0.2, 0) is 4.79 Å². The molecular formula is C10H10ClIN2O. The number of amides is 1. The van der Waals surface area contributed by atoms with Gasteiger partial charge in [0.25, 0.3) is 0 Å². The largest absolute Gasteiger partial charge is 0.324 e. The zero-order chi connectivity index (χ0) is 11.1. The van der Waals surface area contributed by atoms with E-state index < -0.39 is 5.54 Å². The van der Waals surface area contributed by atoms with Gasteiger partial charge in [-0.2, -0.15) is 0 Å². The summed E-state index contributed by atoms with van der Waals surface area (Å²) in [5, 5.41) is 3.47. The highest BCUT2D eigenvalue weighted by molar-refractivity contribution is 14.1. The van der Waals surface area contributed by atoms with Crippen LogP contribution in [0.3, 0.4) is 0 Å². The summed E-state index contributed by atoms with van der Waals surface area (Å²) in [6.07, 6.45) is 1.53. The summed E-state index contributed by atoms with van der Waals surface area (Å²) in [5.74, 6) is -0.109. The molecule has 5 heteroatoms. The summed E-state index contributed by atoms with van der Waals surface area (Å²) in [4.78, 5) is 11.7. The van der Waals surface area contributed by atoms with Crippen LogP contribution in [0, 0.1) is 3.57 Å². The van der Waals surface area contributed by atoms with Gasteiger partial charge in [0, 0.05) is 8.59 Å². The number of hydrogen-bond acceptors (Lipinski definition) is 2. The van der Waals surface area contributed by atoms with E-state index in [2.05, 4.69) is 27.9 Å². The van der Waals surface area contributed by atoms with Gasteiger partial charge in [-0.1, -0.05) is 11.6 Å². The van der Waals surface area contributed by atoms with Gasteiger partial charge in [-0.05, 0) is 53.6 Å². The van der Waals surface area contributed by atoms with Gasteiger partial charge in [0.15, 0.2) is 0 Å². The molecule has 0 spiro atoms. The van der Waals surface area contributed by atoms with E-state index in [0.717, 1.165) is 22.1 Å². The Morgan fingerprint density at radius 1 is 1.53 bits per heavy atom. The third kappa shape index (κ3) is 2.43. The minimum atomic E-state index is -0.636. The smallest absolute Gasteiger partial charge is 0.244 e. The quantitative estimate of drug-likeness (QED) is 0.815. The first kappa shape index (κ1) is 11.2. The van der Waals surface area contributed by atoms with Gasteiger partial charge in [-0.3, -0.25) is 4.79 Å². The van der Waals surface area contributed by atoms with E-state index in [-0.39, 0.29) is 5.91 Å². The number of anilines is 1. The van der Waals surface area contributed by atoms with Crippen molar-refractivity contribution in [1.82, 2.24) is 0 Å². The molecule has 3 nitrogen and oxygen atoms in total. The molecule has 0 heterocycles. The fourth-order valence-electron chi connectivity index (χ4n) is 1.20. The van der Waals surface area contributed by atoms with Gasteiger partial charge in [-0.25, -0.2) is 0 Å². The number of hydrogen-bond donors (Lipinski definition) is 2. The maximum Gasteiger partial charge on any atom is 0.244 e. The van der Waals surface area contributed by atoms with E-state index in [4.69, 9.17) is 17.3 Å². The number of carbonyl (C=O) groups is 1. The molecule has 1 fully saturated rings. The number of benzene rings is 1. The summed E-state index contributed by atoms with van der Waals surface area (Å²) in [6.45, 7) is 0. The van der Waals surface area contributed by atoms with Crippen LogP contribution in [0.5, 0.6) is 0 Å². The summed E-state index contributed by atoms with van der Waals surface area (Å²) < 4.78 is 0.915. The zero-order valence-electron chi connectivity index (χ0n) is 7.89. The minimum Gasteiger partial charge on any atom is -0.324 e. The molecular weight excluding hydrogens is 326 g/mol. The van der Waals surface area contributed by atoms with Crippen LogP contribution in [0.25, 0.3) is 0 Å². The highest BCUT2D eigenvalue weighted by Crippen LogP contribution is 2.34. The topological polar surface area (TPSA) is 55.1 Å². The maximum absolute atomic E-state index is 11.7. The molecule has 0 radical (unpaired) electrons. The average Bonchev–Trinajstić information content (AvgIpc) is 2.90. The van der Waals surface area contributed by atoms with Crippen molar-refractivity contribution < 1.29 is 4.79 Å². The van der Waals surface area contributed by atoms with Crippen LogP contribution in [0.1, 0.15) is 12.8 Å². The molecule has 0 unspecified atom stereocenters. The second kappa shape index (κ2) is 3.92. The molecule has 1 aliphatic rings. The van der Waals surface area contributed by atoms with E-state index in [1.54, 1.807) is 18.2 Å². The van der Waals surface area contributed by atoms with E-state index in [0.29, 0.717) is 5.02 Å². The Labute approximate surface area is 107 Å². The third-order valence-corrected chi connectivity index (χ3v) is 3.55. The van der Waals surface area contributed by atoms with E-state index >= 15 is 0 Å². The lowest BCUT2D eigenvalue weighted by Crippen LogP contribution is -2.38. The number of halogens is 2. The Hall–Kier alpha value is -0.330. The predicted octanol–water partition coefficient (Wildman–Crippen LogP) is 2.37. The van der Waals surface area contributed by atoms with Crippen LogP contribution in [-0.4, -0.2) is 11.4 Å². The fraction of sp³-hybridized carbons (Fsp3) is 0.300. The molecule has 3 N–H and O–H groups in total. The van der Waals surface area contributed by atoms with Gasteiger partial charge >= 0.3 is 0 Å². The van der Waals surface area contributed by atoms with Crippen molar-refractivity contribution >= 4 is 45.8 Å². The van der Waals surface area contributed by atoms with Crippen LogP contribution in [0.15, 0.2) is 18.2 Å². The predicted molar refractivity (Wildman–Crippen MR) is 69.0 cm³/mol. The Kier molecular flexibility index (Phi) is 2.92. The summed E-state index contributed by atoms with van der Waals surface area (Å²) in [6, 6.07) is 5.33. The monoisotopic (exact) mass is 336 g/mol. The normalized spacial score (nSPS) is 17.3. The molecule has 1 amide bonds. The fourth-order valence-corrected chi connectivity index (χ4v) is 2.21. The molecule has 80 valence electrons. The van der Waals surface area contributed by atoms with Gasteiger partial charge in [0.1, 0.15) is 0 Å². The van der Waals surface area contributed by atoms with Crippen molar-refractivity contribution in [3.63, 3.8) is 0 Å². The Morgan fingerprint density at radius 2 is 2.20 bits per heavy atom. The van der Waals surface area contributed by atoms with E-state index in [9.17, 15) is 4.79 Å². The molecule has 1 aliphatic carbocycles. The second-order valence-corrected chi connectivity index (χ2v) is 5.33. The highest BCUT2D eigenvalue weighted by Gasteiger charge is 2.46. The van der Waals surface area contributed by atoms with Gasteiger partial charge in [0.05, 0.1) is 11.2 Å². The van der Waals surface area contributed by atoms with Crippen molar-refractivity contribution in [2.75, 3.05) is 5.32 Å². The molecule has 15 heavy (non-hydrogen) atoms. The van der Waals surface area contributed by atoms with Crippen LogP contribution in [0.2, 0.25) is 5.02 Å². The Bertz CT molecular complexity index is 418. The van der Waals surface area contributed by atoms with E-state index in [1.807, 2.05) is 0 Å². The zero-order valence-corrected chi connectivity index (χ0v) is 10.8. The molecule has 1 saturated carbocycles. The standard InChI is InChI=1S/C10H10ClIN2O/c11-6-1-2-8(7(12)5-6)14-9(15)10(13)3-4-10/h1-2,5H,3-4,13H2,(H,14,15). The molecule has 0 aromatic heterocycles. The lowest BCUT2D eigenvalue weighted by Gasteiger charge is -2.11. The number of carbonyl (C=O) groups excluding carboxylic acids is 1. The molecule has 0 saturated heterocycles. The molecule has 1 aromatic rings. The summed E-state index contributed by atoms with van der Waals surface area (Å²) >= 11 is 7.94. The average molecular weight is 337 g/mol. The van der Waals surface area contributed by atoms with Crippen LogP contribution < -0.4 is 11.1 Å². The first-order valence-corrected chi connectivity index (χ1v) is 6.02. The van der Waals surface area contributed by atoms with Crippen molar-refractivity contribution in [1.29, 1.82) is 0 Å². The van der Waals surface area contributed by atoms with Crippen molar-refractivity contribution in [2.24, 2.45) is 5.73 Å². The van der Waals surface area contributed by atoms with Crippen LogP contribution in [0.4, 0.5) is 5.69 Å². The first-order valence-electron chi connectivity index (χ1n) is 4.57. The molecule has 1 aromatic carbocycles. The summed E-state index contributed by atoms with van der Waals surface area (Å²) in [7, 11) is 0. The molecule has 2 rings (SSSR count). The number of nitrogens with two attached hydrogens (primary N) is 1. The van der Waals surface area contributed by atoms with Gasteiger partial charge in [-0.15, -0.1) is 0 Å². The Morgan fingerprint density at radius 3 is 2.73 bits per heavy atom. The SMILES string of the molecule is NC1(C(=O)Nc2ccc(Cl)cc2I)CC1.